The topological polar surface area (TPSA) is 102 Å². The van der Waals surface area contributed by atoms with Crippen LogP contribution in [0.3, 0.4) is 0 Å². The van der Waals surface area contributed by atoms with Crippen molar-refractivity contribution in [3.8, 4) is 0 Å². The molecule has 0 saturated carbocycles. The van der Waals surface area contributed by atoms with Gasteiger partial charge >= 0.3 is 5.69 Å². The van der Waals surface area contributed by atoms with Gasteiger partial charge in [-0.1, -0.05) is 11.6 Å². The first-order valence-corrected chi connectivity index (χ1v) is 7.38. The van der Waals surface area contributed by atoms with E-state index in [4.69, 9.17) is 11.6 Å². The molecule has 18 heavy (non-hydrogen) atoms. The predicted molar refractivity (Wildman–Crippen MR) is 68.7 cm³/mol. The van der Waals surface area contributed by atoms with E-state index < -0.39 is 20.8 Å². The van der Waals surface area contributed by atoms with Gasteiger partial charge in [-0.05, 0) is 13.0 Å². The van der Waals surface area contributed by atoms with Gasteiger partial charge in [0.05, 0.1) is 10.7 Å². The lowest BCUT2D eigenvalue weighted by Gasteiger charge is -2.13. The first-order chi connectivity index (χ1) is 8.19. The lowest BCUT2D eigenvalue weighted by molar-refractivity contribution is -0.384. The van der Waals surface area contributed by atoms with Crippen molar-refractivity contribution < 1.29 is 13.3 Å². The number of nitrogens with zero attached hydrogens (tertiary/aromatic N) is 2. The van der Waals surface area contributed by atoms with Crippen molar-refractivity contribution in [1.82, 2.24) is 4.98 Å². The molecule has 9 heteroatoms. The summed E-state index contributed by atoms with van der Waals surface area (Å²) in [6.45, 7) is 1.59. The molecule has 7 nitrogen and oxygen atoms in total. The van der Waals surface area contributed by atoms with Crippen LogP contribution in [0.2, 0.25) is 5.15 Å². The first-order valence-electron chi connectivity index (χ1n) is 4.94. The molecule has 0 aromatic carbocycles. The minimum atomic E-state index is -3.18. The number of pyridine rings is 1. The standard InChI is InChI=1S/C9H12ClN3O4S/c1-6(5-18(2,16)17)11-9-7(13(14)15)3-4-8(10)12-9/h3-4,6H,5H2,1-2H3,(H,11,12). The van der Waals surface area contributed by atoms with Gasteiger partial charge < -0.3 is 5.32 Å². The number of sulfone groups is 1. The smallest absolute Gasteiger partial charge is 0.311 e. The van der Waals surface area contributed by atoms with Crippen molar-refractivity contribution in [2.75, 3.05) is 17.3 Å². The lowest BCUT2D eigenvalue weighted by atomic mass is 10.3. The molecule has 1 rings (SSSR count). The minimum absolute atomic E-state index is 0.0383. The third kappa shape index (κ3) is 4.46. The summed E-state index contributed by atoms with van der Waals surface area (Å²) in [4.78, 5) is 13.9. The van der Waals surface area contributed by atoms with Crippen molar-refractivity contribution in [1.29, 1.82) is 0 Å². The number of anilines is 1. The second-order valence-corrected chi connectivity index (χ2v) is 6.47. The molecule has 1 aromatic heterocycles. The van der Waals surface area contributed by atoms with Crippen molar-refractivity contribution in [3.05, 3.63) is 27.4 Å². The maximum absolute atomic E-state index is 11.1. The Bertz CT molecular complexity index is 561. The number of nitro groups is 1. The van der Waals surface area contributed by atoms with Gasteiger partial charge in [0.15, 0.2) is 0 Å². The first kappa shape index (κ1) is 14.7. The maximum atomic E-state index is 11.1. The van der Waals surface area contributed by atoms with Crippen LogP contribution in [-0.2, 0) is 9.84 Å². The van der Waals surface area contributed by atoms with Gasteiger partial charge in [0, 0.05) is 18.4 Å². The Morgan fingerprint density at radius 2 is 2.17 bits per heavy atom. The zero-order chi connectivity index (χ0) is 13.9. The summed E-state index contributed by atoms with van der Waals surface area (Å²) in [7, 11) is -3.18. The molecule has 0 spiro atoms. The zero-order valence-corrected chi connectivity index (χ0v) is 11.3. The molecular formula is C9H12ClN3O4S. The summed E-state index contributed by atoms with van der Waals surface area (Å²) in [5.41, 5.74) is -0.250. The van der Waals surface area contributed by atoms with Gasteiger partial charge in [0.25, 0.3) is 0 Å². The molecule has 0 amide bonds. The molecule has 0 aliphatic heterocycles. The predicted octanol–water partition coefficient (Wildman–Crippen LogP) is 1.49. The average molecular weight is 294 g/mol. The summed E-state index contributed by atoms with van der Waals surface area (Å²) >= 11 is 5.65. The Kier molecular flexibility index (Phi) is 4.47. The van der Waals surface area contributed by atoms with Crippen LogP contribution in [-0.4, -0.2) is 36.4 Å². The van der Waals surface area contributed by atoms with E-state index in [0.717, 1.165) is 6.26 Å². The van der Waals surface area contributed by atoms with E-state index in [0.29, 0.717) is 0 Å². The molecule has 0 aliphatic rings. The second-order valence-electron chi connectivity index (χ2n) is 3.90. The fourth-order valence-electron chi connectivity index (χ4n) is 1.41. The molecule has 0 saturated heterocycles. The summed E-state index contributed by atoms with van der Waals surface area (Å²) in [6, 6.07) is 2.00. The lowest BCUT2D eigenvalue weighted by Crippen LogP contribution is -2.25. The monoisotopic (exact) mass is 293 g/mol. The molecule has 1 unspecified atom stereocenters. The number of nitrogens with one attached hydrogen (secondary N) is 1. The highest BCUT2D eigenvalue weighted by atomic mass is 35.5. The van der Waals surface area contributed by atoms with Gasteiger partial charge in [-0.25, -0.2) is 13.4 Å². The van der Waals surface area contributed by atoms with Gasteiger partial charge in [-0.3, -0.25) is 10.1 Å². The van der Waals surface area contributed by atoms with E-state index in [1.807, 2.05) is 0 Å². The van der Waals surface area contributed by atoms with Gasteiger partial charge in [0.2, 0.25) is 5.82 Å². The van der Waals surface area contributed by atoms with E-state index in [2.05, 4.69) is 10.3 Å². The van der Waals surface area contributed by atoms with Crippen molar-refractivity contribution >= 4 is 32.9 Å². The Morgan fingerprint density at radius 3 is 2.67 bits per heavy atom. The van der Waals surface area contributed by atoms with Crippen LogP contribution in [0, 0.1) is 10.1 Å². The van der Waals surface area contributed by atoms with Crippen molar-refractivity contribution in [2.45, 2.75) is 13.0 Å². The van der Waals surface area contributed by atoms with E-state index in [9.17, 15) is 18.5 Å². The van der Waals surface area contributed by atoms with Crippen LogP contribution in [0.15, 0.2) is 12.1 Å². The van der Waals surface area contributed by atoms with Crippen molar-refractivity contribution in [2.24, 2.45) is 0 Å². The van der Waals surface area contributed by atoms with Crippen molar-refractivity contribution in [3.63, 3.8) is 0 Å². The third-order valence-corrected chi connectivity index (χ3v) is 3.29. The molecule has 100 valence electrons. The second kappa shape index (κ2) is 5.49. The number of aromatic nitrogens is 1. The summed E-state index contributed by atoms with van der Waals surface area (Å²) in [5.74, 6) is -0.193. The summed E-state index contributed by atoms with van der Waals surface area (Å²) in [6.07, 6.45) is 1.09. The van der Waals surface area contributed by atoms with Crippen LogP contribution in [0.4, 0.5) is 11.5 Å². The van der Waals surface area contributed by atoms with Gasteiger partial charge in [-0.15, -0.1) is 0 Å². The molecule has 0 fully saturated rings. The molecule has 1 N–H and O–H groups in total. The maximum Gasteiger partial charge on any atom is 0.311 e. The summed E-state index contributed by atoms with van der Waals surface area (Å²) < 4.78 is 22.2. The fourth-order valence-corrected chi connectivity index (χ4v) is 2.55. The Balaban J connectivity index is 2.96. The van der Waals surface area contributed by atoms with Crippen LogP contribution in [0.5, 0.6) is 0 Å². The molecule has 0 radical (unpaired) electrons. The number of hydrogen-bond acceptors (Lipinski definition) is 6. The number of rotatable bonds is 5. The summed E-state index contributed by atoms with van der Waals surface area (Å²) in [5, 5.41) is 13.5. The molecule has 1 aromatic rings. The van der Waals surface area contributed by atoms with Gasteiger partial charge in [-0.2, -0.15) is 0 Å². The zero-order valence-electron chi connectivity index (χ0n) is 9.75. The van der Waals surface area contributed by atoms with Crippen LogP contribution < -0.4 is 5.32 Å². The SMILES string of the molecule is CC(CS(C)(=O)=O)Nc1nc(Cl)ccc1[N+](=O)[O-]. The van der Waals surface area contributed by atoms with Crippen LogP contribution in [0.1, 0.15) is 6.92 Å². The van der Waals surface area contributed by atoms with Gasteiger partial charge in [0.1, 0.15) is 15.0 Å². The number of hydrogen-bond donors (Lipinski definition) is 1. The van der Waals surface area contributed by atoms with E-state index >= 15 is 0 Å². The molecule has 0 bridgehead atoms. The average Bonchev–Trinajstić information content (AvgIpc) is 2.13. The molecule has 0 aliphatic carbocycles. The van der Waals surface area contributed by atoms with E-state index in [1.54, 1.807) is 6.92 Å². The minimum Gasteiger partial charge on any atom is -0.361 e. The normalized spacial score (nSPS) is 13.1. The van der Waals surface area contributed by atoms with Crippen LogP contribution >= 0.6 is 11.6 Å². The highest BCUT2D eigenvalue weighted by Crippen LogP contribution is 2.24. The fraction of sp³-hybridized carbons (Fsp3) is 0.444. The highest BCUT2D eigenvalue weighted by Gasteiger charge is 2.19. The third-order valence-electron chi connectivity index (χ3n) is 1.97. The molecule has 1 atom stereocenters. The quantitative estimate of drug-likeness (QED) is 0.501. The highest BCUT2D eigenvalue weighted by molar-refractivity contribution is 7.90. The van der Waals surface area contributed by atoms with Crippen LogP contribution in [0.25, 0.3) is 0 Å². The van der Waals surface area contributed by atoms with E-state index in [-0.39, 0.29) is 22.4 Å². The largest absolute Gasteiger partial charge is 0.361 e. The van der Waals surface area contributed by atoms with E-state index in [1.165, 1.54) is 12.1 Å². The number of halogens is 1. The molecule has 1 heterocycles. The Labute approximate surface area is 109 Å². The molecular weight excluding hydrogens is 282 g/mol. The Morgan fingerprint density at radius 1 is 1.56 bits per heavy atom. The Hall–Kier alpha value is -1.41.